The van der Waals surface area contributed by atoms with Crippen molar-refractivity contribution in [2.24, 2.45) is 0 Å². The van der Waals surface area contributed by atoms with E-state index in [9.17, 15) is 0 Å². The monoisotopic (exact) mass is 136 g/mol. The van der Waals surface area contributed by atoms with E-state index in [2.05, 4.69) is 11.1 Å². The highest BCUT2D eigenvalue weighted by atomic mass is 16.5. The van der Waals surface area contributed by atoms with Crippen molar-refractivity contribution in [3.05, 3.63) is 30.1 Å². The van der Waals surface area contributed by atoms with Crippen LogP contribution in [0.15, 0.2) is 18.3 Å². The van der Waals surface area contributed by atoms with E-state index in [4.69, 9.17) is 4.74 Å². The minimum absolute atomic E-state index is 0.727. The summed E-state index contributed by atoms with van der Waals surface area (Å²) >= 11 is 0. The Morgan fingerprint density at radius 3 is 3.20 bits per heavy atom. The Morgan fingerprint density at radius 1 is 1.70 bits per heavy atom. The van der Waals surface area contributed by atoms with Crippen LogP contribution >= 0.6 is 0 Å². The normalized spacial score (nSPS) is 9.70. The number of nitrogens with zero attached hydrogens (tertiary/aromatic N) is 1. The predicted molar refractivity (Wildman–Crippen MR) is 38.7 cm³/mol. The van der Waals surface area contributed by atoms with Crippen molar-refractivity contribution in [2.75, 3.05) is 13.7 Å². The maximum atomic E-state index is 4.89. The van der Waals surface area contributed by atoms with Crippen molar-refractivity contribution >= 4 is 0 Å². The van der Waals surface area contributed by atoms with E-state index in [-0.39, 0.29) is 0 Å². The van der Waals surface area contributed by atoms with Crippen molar-refractivity contribution in [3.63, 3.8) is 0 Å². The summed E-state index contributed by atoms with van der Waals surface area (Å²) in [5, 5.41) is 0. The molecule has 0 N–H and O–H groups in total. The van der Waals surface area contributed by atoms with Crippen LogP contribution in [0.25, 0.3) is 0 Å². The van der Waals surface area contributed by atoms with E-state index in [1.807, 2.05) is 6.07 Å². The second-order valence-electron chi connectivity index (χ2n) is 1.99. The molecule has 1 rings (SSSR count). The summed E-state index contributed by atoms with van der Waals surface area (Å²) in [5.41, 5.74) is 1.03. The quantitative estimate of drug-likeness (QED) is 0.620. The summed E-state index contributed by atoms with van der Waals surface area (Å²) < 4.78 is 4.89. The molecule has 0 amide bonds. The minimum atomic E-state index is 0.727. The van der Waals surface area contributed by atoms with Crippen LogP contribution < -0.4 is 0 Å². The molecular formula is C8H10NO. The highest BCUT2D eigenvalue weighted by molar-refractivity contribution is 5.01. The molecule has 1 heterocycles. The fraction of sp³-hybridized carbons (Fsp3) is 0.375. The number of ether oxygens (including phenoxy) is 1. The molecule has 0 aliphatic heterocycles. The summed E-state index contributed by atoms with van der Waals surface area (Å²) in [5.74, 6) is 0. The molecule has 1 aromatic rings. The Balaban J connectivity index is 2.43. The molecule has 1 radical (unpaired) electrons. The Hall–Kier alpha value is -0.890. The first-order valence-corrected chi connectivity index (χ1v) is 3.23. The lowest BCUT2D eigenvalue weighted by Gasteiger charge is -1.96. The summed E-state index contributed by atoms with van der Waals surface area (Å²) in [4.78, 5) is 4.11. The standard InChI is InChI=1S/C8H10NO/c1-10-7-5-8-4-2-3-6-9-8/h3-4,6H,5,7H2,1H3. The third-order valence-electron chi connectivity index (χ3n) is 1.22. The Bertz CT molecular complexity index is 174. The molecule has 10 heavy (non-hydrogen) atoms. The maximum Gasteiger partial charge on any atom is 0.0517 e. The summed E-state index contributed by atoms with van der Waals surface area (Å²) in [6.07, 6.45) is 2.61. The topological polar surface area (TPSA) is 22.1 Å². The molecule has 0 aliphatic rings. The van der Waals surface area contributed by atoms with Gasteiger partial charge in [-0.05, 0) is 18.2 Å². The molecule has 1 aromatic heterocycles. The third kappa shape index (κ3) is 2.15. The second-order valence-corrected chi connectivity index (χ2v) is 1.99. The highest BCUT2D eigenvalue weighted by Crippen LogP contribution is 1.92. The molecule has 0 bridgehead atoms. The number of hydrogen-bond donors (Lipinski definition) is 0. The molecule has 53 valence electrons. The van der Waals surface area contributed by atoms with Crippen LogP contribution in [0.3, 0.4) is 0 Å². The molecule has 0 fully saturated rings. The van der Waals surface area contributed by atoms with E-state index >= 15 is 0 Å². The Labute approximate surface area is 60.9 Å². The lowest BCUT2D eigenvalue weighted by Crippen LogP contribution is -1.95. The van der Waals surface area contributed by atoms with Crippen LogP contribution in [-0.4, -0.2) is 18.7 Å². The average molecular weight is 136 g/mol. The van der Waals surface area contributed by atoms with Crippen molar-refractivity contribution in [1.82, 2.24) is 4.98 Å². The lowest BCUT2D eigenvalue weighted by atomic mass is 10.3. The average Bonchev–Trinajstić information content (AvgIpc) is 2.03. The van der Waals surface area contributed by atoms with Gasteiger partial charge in [-0.15, -0.1) is 0 Å². The zero-order valence-corrected chi connectivity index (χ0v) is 6.00. The van der Waals surface area contributed by atoms with E-state index in [0.717, 1.165) is 18.7 Å². The molecule has 0 unspecified atom stereocenters. The highest BCUT2D eigenvalue weighted by Gasteiger charge is 1.89. The third-order valence-corrected chi connectivity index (χ3v) is 1.22. The predicted octanol–water partition coefficient (Wildman–Crippen LogP) is 1.07. The number of aromatic nitrogens is 1. The smallest absolute Gasteiger partial charge is 0.0517 e. The van der Waals surface area contributed by atoms with Gasteiger partial charge < -0.3 is 4.74 Å². The molecular weight excluding hydrogens is 126 g/mol. The first-order valence-electron chi connectivity index (χ1n) is 3.23. The first kappa shape index (κ1) is 7.22. The van der Waals surface area contributed by atoms with Crippen LogP contribution in [0.4, 0.5) is 0 Å². The van der Waals surface area contributed by atoms with Gasteiger partial charge in [-0.2, -0.15) is 0 Å². The molecule has 0 spiro atoms. The maximum absolute atomic E-state index is 4.89. The van der Waals surface area contributed by atoms with E-state index in [1.54, 1.807) is 19.4 Å². The van der Waals surface area contributed by atoms with Crippen LogP contribution in [-0.2, 0) is 11.2 Å². The zero-order valence-electron chi connectivity index (χ0n) is 6.00. The fourth-order valence-corrected chi connectivity index (χ4v) is 0.701. The largest absolute Gasteiger partial charge is 0.384 e. The van der Waals surface area contributed by atoms with Crippen LogP contribution in [0.2, 0.25) is 0 Å². The van der Waals surface area contributed by atoms with Crippen LogP contribution in [0, 0.1) is 6.07 Å². The van der Waals surface area contributed by atoms with Gasteiger partial charge in [0, 0.05) is 25.4 Å². The zero-order chi connectivity index (χ0) is 7.23. The van der Waals surface area contributed by atoms with Gasteiger partial charge in [0.1, 0.15) is 0 Å². The van der Waals surface area contributed by atoms with Gasteiger partial charge in [0.05, 0.1) is 6.61 Å². The number of pyridine rings is 1. The van der Waals surface area contributed by atoms with Gasteiger partial charge in [-0.1, -0.05) is 0 Å². The number of methoxy groups -OCH3 is 1. The summed E-state index contributed by atoms with van der Waals surface area (Å²) in [7, 11) is 1.69. The molecule has 0 atom stereocenters. The van der Waals surface area contributed by atoms with Crippen molar-refractivity contribution in [3.8, 4) is 0 Å². The Morgan fingerprint density at radius 2 is 2.60 bits per heavy atom. The van der Waals surface area contributed by atoms with Gasteiger partial charge in [0.2, 0.25) is 0 Å². The molecule has 2 heteroatoms. The second kappa shape index (κ2) is 4.01. The molecule has 2 nitrogen and oxygen atoms in total. The number of hydrogen-bond acceptors (Lipinski definition) is 2. The Kier molecular flexibility index (Phi) is 2.90. The van der Waals surface area contributed by atoms with Crippen molar-refractivity contribution in [2.45, 2.75) is 6.42 Å². The van der Waals surface area contributed by atoms with E-state index < -0.39 is 0 Å². The van der Waals surface area contributed by atoms with Crippen molar-refractivity contribution in [1.29, 1.82) is 0 Å². The van der Waals surface area contributed by atoms with Gasteiger partial charge in [-0.25, -0.2) is 0 Å². The van der Waals surface area contributed by atoms with Gasteiger partial charge in [0.15, 0.2) is 0 Å². The van der Waals surface area contributed by atoms with Gasteiger partial charge in [-0.3, -0.25) is 4.98 Å². The number of rotatable bonds is 3. The molecule has 0 saturated carbocycles. The summed E-state index contributed by atoms with van der Waals surface area (Å²) in [6.45, 7) is 0.727. The SMILES string of the molecule is COCCc1c[c]ccn1. The van der Waals surface area contributed by atoms with Gasteiger partial charge >= 0.3 is 0 Å². The fourth-order valence-electron chi connectivity index (χ4n) is 0.701. The lowest BCUT2D eigenvalue weighted by molar-refractivity contribution is 0.201. The van der Waals surface area contributed by atoms with Gasteiger partial charge in [0.25, 0.3) is 0 Å². The van der Waals surface area contributed by atoms with Crippen molar-refractivity contribution < 1.29 is 4.74 Å². The van der Waals surface area contributed by atoms with Crippen LogP contribution in [0.5, 0.6) is 0 Å². The molecule has 0 saturated heterocycles. The molecule has 0 aromatic carbocycles. The van der Waals surface area contributed by atoms with E-state index in [0.29, 0.717) is 0 Å². The minimum Gasteiger partial charge on any atom is -0.384 e. The summed E-state index contributed by atoms with van der Waals surface area (Å²) in [6, 6.07) is 6.61. The first-order chi connectivity index (χ1) is 4.93. The van der Waals surface area contributed by atoms with Crippen LogP contribution in [0.1, 0.15) is 5.69 Å². The molecule has 0 aliphatic carbocycles. The van der Waals surface area contributed by atoms with E-state index in [1.165, 1.54) is 0 Å².